The topological polar surface area (TPSA) is 48.0 Å². The van der Waals surface area contributed by atoms with Gasteiger partial charge in [-0.2, -0.15) is 0 Å². The maximum absolute atomic E-state index is 13.2. The van der Waals surface area contributed by atoms with Crippen LogP contribution in [0.15, 0.2) is 48.5 Å². The Kier molecular flexibility index (Phi) is 4.09. The molecule has 2 heterocycles. The van der Waals surface area contributed by atoms with Crippen molar-refractivity contribution in [1.29, 1.82) is 0 Å². The van der Waals surface area contributed by atoms with E-state index in [1.165, 1.54) is 0 Å². The predicted molar refractivity (Wildman–Crippen MR) is 89.9 cm³/mol. The molecule has 5 heteroatoms. The second kappa shape index (κ2) is 6.53. The van der Waals surface area contributed by atoms with Crippen molar-refractivity contribution in [2.24, 2.45) is 0 Å². The first-order valence-corrected chi connectivity index (χ1v) is 8.19. The van der Waals surface area contributed by atoms with Crippen molar-refractivity contribution in [1.82, 2.24) is 0 Å². The normalized spacial score (nSPS) is 19.1. The highest BCUT2D eigenvalue weighted by molar-refractivity contribution is 6.07. The Labute approximate surface area is 140 Å². The van der Waals surface area contributed by atoms with Gasteiger partial charge in [0.15, 0.2) is 11.5 Å². The first-order chi connectivity index (χ1) is 11.8. The van der Waals surface area contributed by atoms with E-state index in [9.17, 15) is 4.79 Å². The minimum absolute atomic E-state index is 0.0475. The summed E-state index contributed by atoms with van der Waals surface area (Å²) in [6.07, 6.45) is 0.838. The Morgan fingerprint density at radius 1 is 0.958 bits per heavy atom. The number of carbonyl (C=O) groups is 1. The SMILES string of the molecule is O=C(c1ccc2c(c1)OCCO2)N(c1ccccc1)C1CCOC1. The lowest BCUT2D eigenvalue weighted by molar-refractivity contribution is 0.0970. The third-order valence-corrected chi connectivity index (χ3v) is 4.31. The van der Waals surface area contributed by atoms with E-state index in [0.29, 0.717) is 43.5 Å². The number of anilines is 1. The molecule has 2 aliphatic heterocycles. The van der Waals surface area contributed by atoms with Crippen LogP contribution in [0.5, 0.6) is 11.5 Å². The molecule has 0 N–H and O–H groups in total. The molecule has 1 fully saturated rings. The van der Waals surface area contributed by atoms with Crippen LogP contribution >= 0.6 is 0 Å². The van der Waals surface area contributed by atoms with Gasteiger partial charge in [-0.1, -0.05) is 18.2 Å². The summed E-state index contributed by atoms with van der Waals surface area (Å²) >= 11 is 0. The lowest BCUT2D eigenvalue weighted by atomic mass is 10.1. The molecule has 1 atom stereocenters. The minimum atomic E-state index is -0.0475. The molecule has 5 nitrogen and oxygen atoms in total. The Hall–Kier alpha value is -2.53. The van der Waals surface area contributed by atoms with Crippen molar-refractivity contribution in [2.45, 2.75) is 12.5 Å². The summed E-state index contributed by atoms with van der Waals surface area (Å²) in [5.41, 5.74) is 1.47. The molecule has 2 aromatic rings. The number of amides is 1. The summed E-state index contributed by atoms with van der Waals surface area (Å²) in [6.45, 7) is 2.28. The van der Waals surface area contributed by atoms with Crippen LogP contribution < -0.4 is 14.4 Å². The van der Waals surface area contributed by atoms with Gasteiger partial charge in [-0.25, -0.2) is 0 Å². The average Bonchev–Trinajstić information content (AvgIpc) is 3.16. The molecule has 124 valence electrons. The number of benzene rings is 2. The summed E-state index contributed by atoms with van der Waals surface area (Å²) in [5, 5.41) is 0. The number of rotatable bonds is 3. The molecule has 24 heavy (non-hydrogen) atoms. The highest BCUT2D eigenvalue weighted by atomic mass is 16.6. The van der Waals surface area contributed by atoms with E-state index in [-0.39, 0.29) is 11.9 Å². The molecule has 0 bridgehead atoms. The third kappa shape index (κ3) is 2.83. The third-order valence-electron chi connectivity index (χ3n) is 4.31. The Bertz CT molecular complexity index is 725. The molecule has 2 aromatic carbocycles. The van der Waals surface area contributed by atoms with Crippen molar-refractivity contribution in [3.05, 3.63) is 54.1 Å². The van der Waals surface area contributed by atoms with Gasteiger partial charge >= 0.3 is 0 Å². The molecule has 1 amide bonds. The van der Waals surface area contributed by atoms with Gasteiger partial charge in [-0.05, 0) is 36.8 Å². The highest BCUT2D eigenvalue weighted by Gasteiger charge is 2.30. The second-order valence-corrected chi connectivity index (χ2v) is 5.89. The number of carbonyl (C=O) groups excluding carboxylic acids is 1. The number of ether oxygens (including phenoxy) is 3. The molecule has 4 rings (SSSR count). The van der Waals surface area contributed by atoms with Crippen molar-refractivity contribution < 1.29 is 19.0 Å². The van der Waals surface area contributed by atoms with Crippen molar-refractivity contribution in [2.75, 3.05) is 31.3 Å². The van der Waals surface area contributed by atoms with Crippen LogP contribution in [-0.2, 0) is 4.74 Å². The molecule has 2 aliphatic rings. The van der Waals surface area contributed by atoms with Crippen molar-refractivity contribution in [3.63, 3.8) is 0 Å². The first-order valence-electron chi connectivity index (χ1n) is 8.19. The smallest absolute Gasteiger partial charge is 0.258 e. The molecule has 1 saturated heterocycles. The van der Waals surface area contributed by atoms with Crippen LogP contribution in [0.1, 0.15) is 16.8 Å². The predicted octanol–water partition coefficient (Wildman–Crippen LogP) is 2.89. The molecule has 1 unspecified atom stereocenters. The lowest BCUT2D eigenvalue weighted by Crippen LogP contribution is -2.41. The van der Waals surface area contributed by atoms with Gasteiger partial charge in [0.05, 0.1) is 12.6 Å². The van der Waals surface area contributed by atoms with Gasteiger partial charge in [-0.3, -0.25) is 4.79 Å². The van der Waals surface area contributed by atoms with Crippen LogP contribution in [0.4, 0.5) is 5.69 Å². The highest BCUT2D eigenvalue weighted by Crippen LogP contribution is 2.32. The summed E-state index contributed by atoms with van der Waals surface area (Å²) in [7, 11) is 0. The van der Waals surface area contributed by atoms with E-state index in [1.807, 2.05) is 35.2 Å². The molecule has 0 radical (unpaired) electrons. The number of para-hydroxylation sites is 1. The molecule has 0 saturated carbocycles. The zero-order valence-corrected chi connectivity index (χ0v) is 13.3. The van der Waals surface area contributed by atoms with Gasteiger partial charge in [0, 0.05) is 17.9 Å². The van der Waals surface area contributed by atoms with Gasteiger partial charge in [0.1, 0.15) is 13.2 Å². The van der Waals surface area contributed by atoms with E-state index in [2.05, 4.69) is 0 Å². The maximum atomic E-state index is 13.2. The fraction of sp³-hybridized carbons (Fsp3) is 0.316. The standard InChI is InChI=1S/C19H19NO4/c21-19(14-6-7-17-18(12-14)24-11-10-23-17)20(16-8-9-22-13-16)15-4-2-1-3-5-15/h1-7,12,16H,8-11,13H2. The van der Waals surface area contributed by atoms with Gasteiger partial charge in [-0.15, -0.1) is 0 Å². The second-order valence-electron chi connectivity index (χ2n) is 5.89. The monoisotopic (exact) mass is 325 g/mol. The molecule has 0 aromatic heterocycles. The fourth-order valence-electron chi connectivity index (χ4n) is 3.12. The molecule has 0 spiro atoms. The summed E-state index contributed by atoms with van der Waals surface area (Å²) in [6, 6.07) is 15.1. The fourth-order valence-corrected chi connectivity index (χ4v) is 3.12. The summed E-state index contributed by atoms with van der Waals surface area (Å²) in [5.74, 6) is 1.27. The van der Waals surface area contributed by atoms with E-state index in [1.54, 1.807) is 18.2 Å². The molecular weight excluding hydrogens is 306 g/mol. The zero-order valence-electron chi connectivity index (χ0n) is 13.3. The van der Waals surface area contributed by atoms with Crippen LogP contribution in [0.3, 0.4) is 0 Å². The van der Waals surface area contributed by atoms with Crippen LogP contribution in [0.2, 0.25) is 0 Å². The summed E-state index contributed by atoms with van der Waals surface area (Å²) < 4.78 is 16.6. The molecule has 0 aliphatic carbocycles. The van der Waals surface area contributed by atoms with Gasteiger partial charge in [0.25, 0.3) is 5.91 Å². The van der Waals surface area contributed by atoms with Crippen LogP contribution in [0, 0.1) is 0 Å². The minimum Gasteiger partial charge on any atom is -0.486 e. The Morgan fingerprint density at radius 3 is 2.50 bits per heavy atom. The van der Waals surface area contributed by atoms with E-state index < -0.39 is 0 Å². The summed E-state index contributed by atoms with van der Waals surface area (Å²) in [4.78, 5) is 15.0. The average molecular weight is 325 g/mol. The van der Waals surface area contributed by atoms with Crippen molar-refractivity contribution >= 4 is 11.6 Å². The zero-order chi connectivity index (χ0) is 16.4. The first kappa shape index (κ1) is 15.0. The Balaban J connectivity index is 1.68. The van der Waals surface area contributed by atoms with Crippen LogP contribution in [0.25, 0.3) is 0 Å². The van der Waals surface area contributed by atoms with E-state index in [0.717, 1.165) is 12.1 Å². The quantitative estimate of drug-likeness (QED) is 0.871. The largest absolute Gasteiger partial charge is 0.486 e. The maximum Gasteiger partial charge on any atom is 0.258 e. The van der Waals surface area contributed by atoms with Gasteiger partial charge < -0.3 is 19.1 Å². The van der Waals surface area contributed by atoms with Gasteiger partial charge in [0.2, 0.25) is 0 Å². The molecular formula is C19H19NO4. The van der Waals surface area contributed by atoms with E-state index >= 15 is 0 Å². The number of fused-ring (bicyclic) bond motifs is 1. The number of hydrogen-bond acceptors (Lipinski definition) is 4. The lowest BCUT2D eigenvalue weighted by Gasteiger charge is -2.29. The number of hydrogen-bond donors (Lipinski definition) is 0. The number of nitrogens with zero attached hydrogens (tertiary/aromatic N) is 1. The Morgan fingerprint density at radius 2 is 1.75 bits per heavy atom. The van der Waals surface area contributed by atoms with Crippen molar-refractivity contribution in [3.8, 4) is 11.5 Å². The van der Waals surface area contributed by atoms with E-state index in [4.69, 9.17) is 14.2 Å². The van der Waals surface area contributed by atoms with Crippen LogP contribution in [-0.4, -0.2) is 38.4 Å².